The fourth-order valence-corrected chi connectivity index (χ4v) is 3.08. The summed E-state index contributed by atoms with van der Waals surface area (Å²) in [6, 6.07) is 0.748. The number of rotatable bonds is 6. The second-order valence-electron chi connectivity index (χ2n) is 4.56. The van der Waals surface area contributed by atoms with Crippen molar-refractivity contribution in [3.8, 4) is 0 Å². The second kappa shape index (κ2) is 7.53. The molecule has 1 aliphatic rings. The molecule has 1 N–H and O–H groups in total. The van der Waals surface area contributed by atoms with E-state index in [2.05, 4.69) is 42.7 Å². The minimum Gasteiger partial charge on any atom is -0.317 e. The lowest BCUT2D eigenvalue weighted by atomic mass is 10.2. The predicted molar refractivity (Wildman–Crippen MR) is 70.7 cm³/mol. The molecular weight excluding hydrogens is 204 g/mol. The summed E-state index contributed by atoms with van der Waals surface area (Å²) in [5.41, 5.74) is 0. The highest BCUT2D eigenvalue weighted by Gasteiger charge is 2.20. The summed E-state index contributed by atoms with van der Waals surface area (Å²) >= 11 is 2.11. The fourth-order valence-electron chi connectivity index (χ4n) is 2.04. The van der Waals surface area contributed by atoms with E-state index < -0.39 is 0 Å². The van der Waals surface area contributed by atoms with Crippen LogP contribution in [-0.4, -0.2) is 48.1 Å². The van der Waals surface area contributed by atoms with Gasteiger partial charge in [-0.1, -0.05) is 13.8 Å². The molecule has 0 spiro atoms. The molecule has 0 radical (unpaired) electrons. The van der Waals surface area contributed by atoms with Gasteiger partial charge in [-0.2, -0.15) is 11.8 Å². The number of hydrogen-bond donors (Lipinski definition) is 1. The maximum absolute atomic E-state index is 3.48. The maximum Gasteiger partial charge on any atom is 0.0147 e. The smallest absolute Gasteiger partial charge is 0.0147 e. The minimum atomic E-state index is 0.748. The lowest BCUT2D eigenvalue weighted by Crippen LogP contribution is -2.43. The van der Waals surface area contributed by atoms with Crippen molar-refractivity contribution in [3.63, 3.8) is 0 Å². The Kier molecular flexibility index (Phi) is 6.69. The van der Waals surface area contributed by atoms with Gasteiger partial charge in [0, 0.05) is 30.1 Å². The molecule has 0 aromatic heterocycles. The van der Waals surface area contributed by atoms with Gasteiger partial charge >= 0.3 is 0 Å². The summed E-state index contributed by atoms with van der Waals surface area (Å²) in [6.45, 7) is 11.8. The minimum absolute atomic E-state index is 0.748. The van der Waals surface area contributed by atoms with Gasteiger partial charge in [-0.05, 0) is 32.9 Å². The lowest BCUT2D eigenvalue weighted by Gasteiger charge is -2.35. The van der Waals surface area contributed by atoms with Crippen LogP contribution in [0.15, 0.2) is 0 Å². The molecule has 1 heterocycles. The van der Waals surface area contributed by atoms with Crippen LogP contribution in [0.2, 0.25) is 0 Å². The average Bonchev–Trinajstić information content (AvgIpc) is 2.24. The van der Waals surface area contributed by atoms with Crippen molar-refractivity contribution < 1.29 is 0 Å². The third kappa shape index (κ3) is 5.23. The monoisotopic (exact) mass is 230 g/mol. The lowest BCUT2D eigenvalue weighted by molar-refractivity contribution is 0.208. The molecule has 1 aliphatic heterocycles. The zero-order valence-electron chi connectivity index (χ0n) is 10.5. The van der Waals surface area contributed by atoms with E-state index in [1.54, 1.807) is 0 Å². The SMILES string of the molecule is CCCNCCC(C)N1CCSC(C)C1. The quantitative estimate of drug-likeness (QED) is 0.704. The van der Waals surface area contributed by atoms with E-state index >= 15 is 0 Å². The Balaban J connectivity index is 2.12. The molecule has 90 valence electrons. The van der Waals surface area contributed by atoms with Crippen molar-refractivity contribution in [1.82, 2.24) is 10.2 Å². The molecule has 2 nitrogen and oxygen atoms in total. The van der Waals surface area contributed by atoms with Gasteiger partial charge in [0.05, 0.1) is 0 Å². The summed E-state index contributed by atoms with van der Waals surface area (Å²) in [4.78, 5) is 2.65. The van der Waals surface area contributed by atoms with Crippen LogP contribution in [0.25, 0.3) is 0 Å². The first-order chi connectivity index (χ1) is 7.24. The van der Waals surface area contributed by atoms with Crippen LogP contribution in [0.3, 0.4) is 0 Å². The number of thioether (sulfide) groups is 1. The number of nitrogens with one attached hydrogen (secondary N) is 1. The number of hydrogen-bond acceptors (Lipinski definition) is 3. The number of nitrogens with zero attached hydrogens (tertiary/aromatic N) is 1. The largest absolute Gasteiger partial charge is 0.317 e. The molecule has 0 bridgehead atoms. The molecule has 1 saturated heterocycles. The van der Waals surface area contributed by atoms with Gasteiger partial charge in [-0.25, -0.2) is 0 Å². The average molecular weight is 230 g/mol. The van der Waals surface area contributed by atoms with E-state index in [1.165, 1.54) is 44.8 Å². The topological polar surface area (TPSA) is 15.3 Å². The Hall–Kier alpha value is 0.270. The molecule has 3 heteroatoms. The standard InChI is InChI=1S/C12H26N2S/c1-4-6-13-7-5-11(2)14-8-9-15-12(3)10-14/h11-13H,4-10H2,1-3H3. The first-order valence-electron chi connectivity index (χ1n) is 6.30. The second-order valence-corrected chi connectivity index (χ2v) is 6.11. The van der Waals surface area contributed by atoms with Crippen LogP contribution in [0.5, 0.6) is 0 Å². The van der Waals surface area contributed by atoms with Gasteiger partial charge in [0.2, 0.25) is 0 Å². The first-order valence-corrected chi connectivity index (χ1v) is 7.35. The molecule has 1 rings (SSSR count). The third-order valence-electron chi connectivity index (χ3n) is 3.06. The summed E-state index contributed by atoms with van der Waals surface area (Å²) < 4.78 is 0. The van der Waals surface area contributed by atoms with Crippen LogP contribution in [-0.2, 0) is 0 Å². The van der Waals surface area contributed by atoms with Crippen LogP contribution in [0.1, 0.15) is 33.6 Å². The Morgan fingerprint density at radius 1 is 1.47 bits per heavy atom. The van der Waals surface area contributed by atoms with Crippen LogP contribution < -0.4 is 5.32 Å². The van der Waals surface area contributed by atoms with Crippen LogP contribution in [0.4, 0.5) is 0 Å². The molecule has 1 fully saturated rings. The summed E-state index contributed by atoms with van der Waals surface area (Å²) in [6.07, 6.45) is 2.53. The summed E-state index contributed by atoms with van der Waals surface area (Å²) in [5.74, 6) is 1.31. The Morgan fingerprint density at radius 2 is 2.27 bits per heavy atom. The molecule has 2 unspecified atom stereocenters. The predicted octanol–water partition coefficient (Wildman–Crippen LogP) is 2.20. The summed E-state index contributed by atoms with van der Waals surface area (Å²) in [5, 5.41) is 4.31. The van der Waals surface area contributed by atoms with Gasteiger partial charge in [-0.15, -0.1) is 0 Å². The van der Waals surface area contributed by atoms with E-state index in [1.807, 2.05) is 0 Å². The van der Waals surface area contributed by atoms with E-state index in [0.717, 1.165) is 11.3 Å². The normalized spacial score (nSPS) is 25.4. The zero-order chi connectivity index (χ0) is 11.1. The Bertz CT molecular complexity index is 164. The van der Waals surface area contributed by atoms with Gasteiger partial charge < -0.3 is 5.32 Å². The highest BCUT2D eigenvalue weighted by Crippen LogP contribution is 2.20. The van der Waals surface area contributed by atoms with Crippen molar-refractivity contribution in [2.75, 3.05) is 31.9 Å². The molecule has 0 saturated carbocycles. The first kappa shape index (κ1) is 13.3. The maximum atomic E-state index is 3.48. The highest BCUT2D eigenvalue weighted by atomic mass is 32.2. The van der Waals surface area contributed by atoms with Gasteiger partial charge in [0.1, 0.15) is 0 Å². The van der Waals surface area contributed by atoms with E-state index in [4.69, 9.17) is 0 Å². The van der Waals surface area contributed by atoms with Crippen molar-refractivity contribution in [1.29, 1.82) is 0 Å². The van der Waals surface area contributed by atoms with E-state index in [0.29, 0.717) is 0 Å². The highest BCUT2D eigenvalue weighted by molar-refractivity contribution is 7.99. The molecular formula is C12H26N2S. The molecule has 0 aromatic carbocycles. The molecule has 15 heavy (non-hydrogen) atoms. The van der Waals surface area contributed by atoms with E-state index in [-0.39, 0.29) is 0 Å². The van der Waals surface area contributed by atoms with Crippen LogP contribution >= 0.6 is 11.8 Å². The van der Waals surface area contributed by atoms with Gasteiger partial charge in [-0.3, -0.25) is 4.90 Å². The molecule has 0 amide bonds. The van der Waals surface area contributed by atoms with Gasteiger partial charge in [0.25, 0.3) is 0 Å². The Morgan fingerprint density at radius 3 is 2.93 bits per heavy atom. The van der Waals surface area contributed by atoms with Crippen LogP contribution in [0, 0.1) is 0 Å². The van der Waals surface area contributed by atoms with Crippen molar-refractivity contribution in [2.24, 2.45) is 0 Å². The van der Waals surface area contributed by atoms with Gasteiger partial charge in [0.15, 0.2) is 0 Å². The van der Waals surface area contributed by atoms with Crippen molar-refractivity contribution >= 4 is 11.8 Å². The molecule has 0 aliphatic carbocycles. The molecule has 2 atom stereocenters. The third-order valence-corrected chi connectivity index (χ3v) is 4.20. The molecule has 0 aromatic rings. The van der Waals surface area contributed by atoms with Crippen molar-refractivity contribution in [3.05, 3.63) is 0 Å². The zero-order valence-corrected chi connectivity index (χ0v) is 11.3. The fraction of sp³-hybridized carbons (Fsp3) is 1.00. The van der Waals surface area contributed by atoms with E-state index in [9.17, 15) is 0 Å². The Labute approximate surface area is 99.2 Å². The summed E-state index contributed by atoms with van der Waals surface area (Å²) in [7, 11) is 0. The van der Waals surface area contributed by atoms with Crippen molar-refractivity contribution in [2.45, 2.75) is 44.9 Å².